The average Bonchev–Trinajstić information content (AvgIpc) is 2.73. The van der Waals surface area contributed by atoms with Crippen molar-refractivity contribution in [2.75, 3.05) is 13.2 Å². The third-order valence-corrected chi connectivity index (χ3v) is 6.26. The molecule has 2 aromatic carbocycles. The summed E-state index contributed by atoms with van der Waals surface area (Å²) in [7, 11) is 0. The van der Waals surface area contributed by atoms with Crippen molar-refractivity contribution in [2.45, 2.75) is 57.8 Å². The minimum absolute atomic E-state index is 0.0444. The summed E-state index contributed by atoms with van der Waals surface area (Å²) in [6.45, 7) is 2.61. The Morgan fingerprint density at radius 3 is 2.39 bits per heavy atom. The molecule has 4 heteroatoms. The topological polar surface area (TPSA) is 29.5 Å². The summed E-state index contributed by atoms with van der Waals surface area (Å²) in [4.78, 5) is 0. The van der Waals surface area contributed by atoms with Gasteiger partial charge in [0.15, 0.2) is 5.82 Å². The van der Waals surface area contributed by atoms with Gasteiger partial charge in [-0.1, -0.05) is 48.7 Å². The number of unbranched alkanes of at least 4 members (excludes halogenated alkanes) is 1. The summed E-state index contributed by atoms with van der Waals surface area (Å²) in [6.07, 6.45) is 8.26. The zero-order chi connectivity index (χ0) is 19.9. The third-order valence-electron chi connectivity index (χ3n) is 5.91. The molecule has 0 saturated heterocycles. The van der Waals surface area contributed by atoms with E-state index in [2.05, 4.69) is 12.1 Å². The normalized spacial score (nSPS) is 19.6. The van der Waals surface area contributed by atoms with Crippen LogP contribution in [0, 0.1) is 11.7 Å². The molecule has 28 heavy (non-hydrogen) atoms. The van der Waals surface area contributed by atoms with Gasteiger partial charge in [0, 0.05) is 12.2 Å². The number of hydrogen-bond donors (Lipinski definition) is 1. The highest BCUT2D eigenvalue weighted by Gasteiger charge is 2.22. The Hall–Kier alpha value is -1.58. The van der Waals surface area contributed by atoms with Crippen molar-refractivity contribution in [3.63, 3.8) is 0 Å². The molecule has 0 unspecified atom stereocenters. The lowest BCUT2D eigenvalue weighted by Gasteiger charge is -2.29. The quantitative estimate of drug-likeness (QED) is 0.481. The first-order valence-corrected chi connectivity index (χ1v) is 10.8. The molecular weight excluding hydrogens is 375 g/mol. The van der Waals surface area contributed by atoms with Crippen LogP contribution in [-0.2, 0) is 0 Å². The van der Waals surface area contributed by atoms with Crippen LogP contribution >= 0.6 is 11.6 Å². The molecule has 1 aliphatic carbocycles. The van der Waals surface area contributed by atoms with Crippen molar-refractivity contribution >= 4 is 11.6 Å². The van der Waals surface area contributed by atoms with E-state index in [0.717, 1.165) is 24.3 Å². The van der Waals surface area contributed by atoms with Crippen LogP contribution in [0.15, 0.2) is 36.4 Å². The van der Waals surface area contributed by atoms with Crippen LogP contribution in [0.4, 0.5) is 4.39 Å². The van der Waals surface area contributed by atoms with E-state index in [4.69, 9.17) is 21.4 Å². The fourth-order valence-corrected chi connectivity index (χ4v) is 4.51. The van der Waals surface area contributed by atoms with Crippen LogP contribution in [-0.4, -0.2) is 18.3 Å². The lowest BCUT2D eigenvalue weighted by molar-refractivity contribution is 0.261. The maximum atomic E-state index is 14.7. The molecule has 0 atom stereocenters. The number of hydrogen-bond acceptors (Lipinski definition) is 2. The van der Waals surface area contributed by atoms with Crippen LogP contribution < -0.4 is 4.74 Å². The minimum Gasteiger partial charge on any atom is -0.492 e. The Morgan fingerprint density at radius 1 is 1.04 bits per heavy atom. The second-order valence-corrected chi connectivity index (χ2v) is 8.11. The molecular formula is C24H30ClFO2. The smallest absolute Gasteiger partial charge is 0.153 e. The predicted octanol–water partition coefficient (Wildman–Crippen LogP) is 6.98. The number of halogens is 2. The standard InChI is InChI=1S/C24H30ClFO2/c1-2-28-22-15-14-21(24(26)23(22)25)20-12-10-19(11-13-20)18-8-6-17(7-9-18)5-3-4-16-27/h10-15,17-18,27H,2-9,16H2,1H3. The number of rotatable bonds is 8. The van der Waals surface area contributed by atoms with E-state index >= 15 is 0 Å². The van der Waals surface area contributed by atoms with E-state index in [1.165, 1.54) is 37.7 Å². The lowest BCUT2D eigenvalue weighted by Crippen LogP contribution is -2.13. The third kappa shape index (κ3) is 5.07. The second-order valence-electron chi connectivity index (χ2n) is 7.73. The van der Waals surface area contributed by atoms with Gasteiger partial charge in [-0.3, -0.25) is 0 Å². The number of ether oxygens (including phenoxy) is 1. The monoisotopic (exact) mass is 404 g/mol. The molecule has 2 aromatic rings. The summed E-state index contributed by atoms with van der Waals surface area (Å²) in [5, 5.41) is 8.97. The van der Waals surface area contributed by atoms with Gasteiger partial charge in [-0.25, -0.2) is 4.39 Å². The Bertz CT molecular complexity index is 752. The van der Waals surface area contributed by atoms with Crippen molar-refractivity contribution < 1.29 is 14.2 Å². The zero-order valence-corrected chi connectivity index (χ0v) is 17.4. The molecule has 1 saturated carbocycles. The van der Waals surface area contributed by atoms with Crippen molar-refractivity contribution in [1.82, 2.24) is 0 Å². The van der Waals surface area contributed by atoms with Crippen LogP contribution in [0.5, 0.6) is 5.75 Å². The van der Waals surface area contributed by atoms with Gasteiger partial charge in [0.1, 0.15) is 10.8 Å². The predicted molar refractivity (Wildman–Crippen MR) is 114 cm³/mol. The van der Waals surface area contributed by atoms with Crippen LogP contribution in [0.3, 0.4) is 0 Å². The van der Waals surface area contributed by atoms with E-state index in [-0.39, 0.29) is 5.02 Å². The number of aliphatic hydroxyl groups excluding tert-OH is 1. The molecule has 0 heterocycles. The largest absolute Gasteiger partial charge is 0.492 e. The fourth-order valence-electron chi connectivity index (χ4n) is 4.29. The van der Waals surface area contributed by atoms with Gasteiger partial charge in [-0.05, 0) is 74.1 Å². The van der Waals surface area contributed by atoms with Gasteiger partial charge in [-0.2, -0.15) is 0 Å². The van der Waals surface area contributed by atoms with E-state index in [1.54, 1.807) is 12.1 Å². The fraction of sp³-hybridized carbons (Fsp3) is 0.500. The lowest BCUT2D eigenvalue weighted by atomic mass is 9.77. The van der Waals surface area contributed by atoms with E-state index in [0.29, 0.717) is 30.4 Å². The van der Waals surface area contributed by atoms with Gasteiger partial charge in [-0.15, -0.1) is 0 Å². The molecule has 1 fully saturated rings. The van der Waals surface area contributed by atoms with Crippen molar-refractivity contribution in [3.05, 3.63) is 52.8 Å². The highest BCUT2D eigenvalue weighted by molar-refractivity contribution is 6.32. The van der Waals surface area contributed by atoms with E-state index < -0.39 is 5.82 Å². The van der Waals surface area contributed by atoms with Gasteiger partial charge < -0.3 is 9.84 Å². The molecule has 1 aliphatic rings. The molecule has 0 spiro atoms. The minimum atomic E-state index is -0.427. The molecule has 2 nitrogen and oxygen atoms in total. The van der Waals surface area contributed by atoms with Crippen molar-refractivity contribution in [3.8, 4) is 16.9 Å². The summed E-state index contributed by atoms with van der Waals surface area (Å²) in [6, 6.07) is 11.7. The van der Waals surface area contributed by atoms with Gasteiger partial charge in [0.25, 0.3) is 0 Å². The molecule has 0 amide bonds. The Morgan fingerprint density at radius 2 is 1.75 bits per heavy atom. The average molecular weight is 405 g/mol. The Balaban J connectivity index is 1.64. The first-order valence-electron chi connectivity index (χ1n) is 10.5. The summed E-state index contributed by atoms with van der Waals surface area (Å²) in [5.41, 5.74) is 2.69. The van der Waals surface area contributed by atoms with Gasteiger partial charge in [0.2, 0.25) is 0 Å². The van der Waals surface area contributed by atoms with Gasteiger partial charge >= 0.3 is 0 Å². The molecule has 0 bridgehead atoms. The maximum absolute atomic E-state index is 14.7. The molecule has 0 aromatic heterocycles. The highest BCUT2D eigenvalue weighted by Crippen LogP contribution is 2.39. The number of aliphatic hydroxyl groups is 1. The van der Waals surface area contributed by atoms with Crippen LogP contribution in [0.2, 0.25) is 5.02 Å². The Labute approximate surface area is 172 Å². The maximum Gasteiger partial charge on any atom is 0.153 e. The SMILES string of the molecule is CCOc1ccc(-c2ccc(C3CCC(CCCCO)CC3)cc2)c(F)c1Cl. The Kier molecular flexibility index (Phi) is 7.75. The van der Waals surface area contributed by atoms with E-state index in [9.17, 15) is 4.39 Å². The van der Waals surface area contributed by atoms with Crippen molar-refractivity contribution in [2.24, 2.45) is 5.92 Å². The van der Waals surface area contributed by atoms with Crippen LogP contribution in [0.25, 0.3) is 11.1 Å². The van der Waals surface area contributed by atoms with E-state index in [1.807, 2.05) is 19.1 Å². The molecule has 3 rings (SSSR count). The summed E-state index contributed by atoms with van der Waals surface area (Å²) in [5.74, 6) is 1.36. The zero-order valence-electron chi connectivity index (χ0n) is 16.6. The highest BCUT2D eigenvalue weighted by atomic mass is 35.5. The first-order chi connectivity index (χ1) is 13.6. The first kappa shape index (κ1) is 21.1. The summed E-state index contributed by atoms with van der Waals surface area (Å²) >= 11 is 6.13. The van der Waals surface area contributed by atoms with Gasteiger partial charge in [0.05, 0.1) is 6.61 Å². The van der Waals surface area contributed by atoms with Crippen LogP contribution in [0.1, 0.15) is 63.4 Å². The van der Waals surface area contributed by atoms with Crippen molar-refractivity contribution in [1.29, 1.82) is 0 Å². The summed E-state index contributed by atoms with van der Waals surface area (Å²) < 4.78 is 20.0. The molecule has 1 N–H and O–H groups in total. The number of benzene rings is 2. The second kappa shape index (κ2) is 10.3. The molecule has 0 aliphatic heterocycles. The molecule has 0 radical (unpaired) electrons. The molecule has 152 valence electrons.